The maximum atomic E-state index is 12.1. The molecule has 0 radical (unpaired) electrons. The number of carbonyl (C=O) groups excluding carboxylic acids is 1. The average Bonchev–Trinajstić information content (AvgIpc) is 2.85. The monoisotopic (exact) mass is 295 g/mol. The molecule has 1 amide bonds. The van der Waals surface area contributed by atoms with Gasteiger partial charge in [0.05, 0.1) is 5.92 Å². The first-order valence-electron chi connectivity index (χ1n) is 7.51. The van der Waals surface area contributed by atoms with Crippen molar-refractivity contribution in [2.24, 2.45) is 11.8 Å². The van der Waals surface area contributed by atoms with Gasteiger partial charge in [0.25, 0.3) is 5.91 Å². The molecule has 5 heteroatoms. The van der Waals surface area contributed by atoms with Crippen LogP contribution in [0.15, 0.2) is 10.5 Å². The highest BCUT2D eigenvalue weighted by Gasteiger charge is 2.21. The average molecular weight is 295 g/mol. The summed E-state index contributed by atoms with van der Waals surface area (Å²) in [5.74, 6) is -0.450. The molecule has 0 aliphatic rings. The molecule has 1 aromatic rings. The van der Waals surface area contributed by atoms with E-state index in [4.69, 9.17) is 9.52 Å². The van der Waals surface area contributed by atoms with Crippen LogP contribution in [0.3, 0.4) is 0 Å². The molecule has 0 aliphatic heterocycles. The van der Waals surface area contributed by atoms with Gasteiger partial charge in [-0.05, 0) is 30.4 Å². The molecule has 118 valence electrons. The maximum absolute atomic E-state index is 12.1. The molecule has 0 saturated heterocycles. The van der Waals surface area contributed by atoms with Crippen LogP contribution in [0.1, 0.15) is 56.0 Å². The maximum Gasteiger partial charge on any atom is 0.308 e. The van der Waals surface area contributed by atoms with Gasteiger partial charge in [0.2, 0.25) is 0 Å². The molecule has 0 bridgehead atoms. The Morgan fingerprint density at radius 3 is 2.38 bits per heavy atom. The van der Waals surface area contributed by atoms with Crippen molar-refractivity contribution >= 4 is 11.9 Å². The third kappa shape index (κ3) is 4.92. The molecule has 1 heterocycles. The first-order chi connectivity index (χ1) is 9.88. The van der Waals surface area contributed by atoms with E-state index in [1.54, 1.807) is 6.07 Å². The summed E-state index contributed by atoms with van der Waals surface area (Å²) in [5, 5.41) is 11.8. The van der Waals surface area contributed by atoms with Gasteiger partial charge in [-0.25, -0.2) is 0 Å². The fourth-order valence-electron chi connectivity index (χ4n) is 2.32. The molecule has 0 aromatic carbocycles. The van der Waals surface area contributed by atoms with Crippen LogP contribution in [-0.2, 0) is 17.6 Å². The van der Waals surface area contributed by atoms with Crippen LogP contribution in [0.25, 0.3) is 0 Å². The SMILES string of the molecule is CCc1cc(C(=O)NCC(CC(C)C)C(=O)O)oc1CC. The minimum absolute atomic E-state index is 0.121. The quantitative estimate of drug-likeness (QED) is 0.773. The van der Waals surface area contributed by atoms with Gasteiger partial charge in [-0.2, -0.15) is 0 Å². The Morgan fingerprint density at radius 1 is 1.29 bits per heavy atom. The number of aryl methyl sites for hydroxylation is 2. The normalized spacial score (nSPS) is 12.4. The Morgan fingerprint density at radius 2 is 1.95 bits per heavy atom. The highest BCUT2D eigenvalue weighted by Crippen LogP contribution is 2.17. The van der Waals surface area contributed by atoms with Gasteiger partial charge in [0.1, 0.15) is 5.76 Å². The lowest BCUT2D eigenvalue weighted by Crippen LogP contribution is -2.33. The second-order valence-electron chi connectivity index (χ2n) is 5.64. The van der Waals surface area contributed by atoms with E-state index in [9.17, 15) is 9.59 Å². The van der Waals surface area contributed by atoms with Gasteiger partial charge >= 0.3 is 5.97 Å². The molecule has 1 unspecified atom stereocenters. The lowest BCUT2D eigenvalue weighted by molar-refractivity contribution is -0.142. The second kappa shape index (κ2) is 7.86. The molecule has 0 spiro atoms. The van der Waals surface area contributed by atoms with Crippen LogP contribution in [0.5, 0.6) is 0 Å². The highest BCUT2D eigenvalue weighted by molar-refractivity contribution is 5.92. The van der Waals surface area contributed by atoms with Crippen molar-refractivity contribution in [2.45, 2.75) is 47.0 Å². The molecule has 1 atom stereocenters. The number of carboxylic acids is 1. The van der Waals surface area contributed by atoms with Crippen molar-refractivity contribution in [2.75, 3.05) is 6.54 Å². The Bertz CT molecular complexity index is 469. The minimum atomic E-state index is -0.882. The van der Waals surface area contributed by atoms with Gasteiger partial charge in [-0.3, -0.25) is 9.59 Å². The lowest BCUT2D eigenvalue weighted by atomic mass is 9.97. The van der Waals surface area contributed by atoms with Crippen molar-refractivity contribution in [1.29, 1.82) is 0 Å². The summed E-state index contributed by atoms with van der Waals surface area (Å²) in [6, 6.07) is 1.74. The summed E-state index contributed by atoms with van der Waals surface area (Å²) in [7, 11) is 0. The van der Waals surface area contributed by atoms with Gasteiger partial charge in [0, 0.05) is 13.0 Å². The van der Waals surface area contributed by atoms with E-state index in [1.165, 1.54) is 0 Å². The topological polar surface area (TPSA) is 79.5 Å². The van der Waals surface area contributed by atoms with Crippen molar-refractivity contribution in [1.82, 2.24) is 5.32 Å². The number of rotatable bonds is 8. The van der Waals surface area contributed by atoms with E-state index in [2.05, 4.69) is 5.32 Å². The van der Waals surface area contributed by atoms with E-state index in [0.29, 0.717) is 6.42 Å². The zero-order valence-corrected chi connectivity index (χ0v) is 13.2. The Balaban J connectivity index is 2.67. The summed E-state index contributed by atoms with van der Waals surface area (Å²) < 4.78 is 5.53. The molecule has 0 aliphatic carbocycles. The Kier molecular flexibility index (Phi) is 6.46. The predicted octanol–water partition coefficient (Wildman–Crippen LogP) is 2.88. The summed E-state index contributed by atoms with van der Waals surface area (Å²) >= 11 is 0. The van der Waals surface area contributed by atoms with Gasteiger partial charge < -0.3 is 14.8 Å². The number of nitrogens with one attached hydrogen (secondary N) is 1. The van der Waals surface area contributed by atoms with Gasteiger partial charge in [-0.1, -0.05) is 27.7 Å². The molecule has 2 N–H and O–H groups in total. The largest absolute Gasteiger partial charge is 0.481 e. The predicted molar refractivity (Wildman–Crippen MR) is 80.4 cm³/mol. The molecular formula is C16H25NO4. The van der Waals surface area contributed by atoms with Crippen molar-refractivity contribution in [3.05, 3.63) is 23.2 Å². The molecule has 0 fully saturated rings. The zero-order chi connectivity index (χ0) is 16.0. The van der Waals surface area contributed by atoms with E-state index >= 15 is 0 Å². The van der Waals surface area contributed by atoms with Crippen LogP contribution in [0, 0.1) is 11.8 Å². The number of amides is 1. The van der Waals surface area contributed by atoms with Gasteiger partial charge in [-0.15, -0.1) is 0 Å². The van der Waals surface area contributed by atoms with Crippen LogP contribution < -0.4 is 5.32 Å². The van der Waals surface area contributed by atoms with E-state index < -0.39 is 11.9 Å². The van der Waals surface area contributed by atoms with Crippen molar-refractivity contribution in [3.63, 3.8) is 0 Å². The second-order valence-corrected chi connectivity index (χ2v) is 5.64. The smallest absolute Gasteiger partial charge is 0.308 e. The van der Waals surface area contributed by atoms with Crippen LogP contribution >= 0.6 is 0 Å². The molecule has 5 nitrogen and oxygen atoms in total. The number of hydrogen-bond donors (Lipinski definition) is 2. The first kappa shape index (κ1) is 17.3. The highest BCUT2D eigenvalue weighted by atomic mass is 16.4. The molecular weight excluding hydrogens is 270 g/mol. The molecule has 1 aromatic heterocycles. The first-order valence-corrected chi connectivity index (χ1v) is 7.51. The van der Waals surface area contributed by atoms with E-state index in [-0.39, 0.29) is 24.1 Å². The Labute approximate surface area is 125 Å². The fraction of sp³-hybridized carbons (Fsp3) is 0.625. The number of carboxylic acid groups (broad SMARTS) is 1. The fourth-order valence-corrected chi connectivity index (χ4v) is 2.32. The number of carbonyl (C=O) groups is 2. The number of aliphatic carboxylic acids is 1. The zero-order valence-electron chi connectivity index (χ0n) is 13.2. The van der Waals surface area contributed by atoms with Crippen LogP contribution in [0.2, 0.25) is 0 Å². The number of furan rings is 1. The third-order valence-electron chi connectivity index (χ3n) is 3.44. The summed E-state index contributed by atoms with van der Waals surface area (Å²) in [6.45, 7) is 8.03. The van der Waals surface area contributed by atoms with Crippen LogP contribution in [-0.4, -0.2) is 23.5 Å². The Hall–Kier alpha value is -1.78. The standard InChI is InChI=1S/C16H25NO4/c1-5-11-8-14(21-13(11)6-2)15(18)17-9-12(16(19)20)7-10(3)4/h8,10,12H,5-7,9H2,1-4H3,(H,17,18)(H,19,20). The third-order valence-corrected chi connectivity index (χ3v) is 3.44. The van der Waals surface area contributed by atoms with Crippen molar-refractivity contribution in [3.8, 4) is 0 Å². The van der Waals surface area contributed by atoms with Crippen LogP contribution in [0.4, 0.5) is 0 Å². The minimum Gasteiger partial charge on any atom is -0.481 e. The summed E-state index contributed by atoms with van der Waals surface area (Å²) in [6.07, 6.45) is 2.08. The van der Waals surface area contributed by atoms with Crippen molar-refractivity contribution < 1.29 is 19.1 Å². The molecule has 0 saturated carbocycles. The summed E-state index contributed by atoms with van der Waals surface area (Å²) in [4.78, 5) is 23.2. The van der Waals surface area contributed by atoms with Gasteiger partial charge in [0.15, 0.2) is 5.76 Å². The summed E-state index contributed by atoms with van der Waals surface area (Å²) in [5.41, 5.74) is 1.03. The van der Waals surface area contributed by atoms with E-state index in [1.807, 2.05) is 27.7 Å². The molecule has 21 heavy (non-hydrogen) atoms. The molecule has 1 rings (SSSR count). The van der Waals surface area contributed by atoms with E-state index in [0.717, 1.165) is 24.2 Å². The lowest BCUT2D eigenvalue weighted by Gasteiger charge is -2.14. The number of hydrogen-bond acceptors (Lipinski definition) is 3.